The van der Waals surface area contributed by atoms with Crippen molar-refractivity contribution in [3.05, 3.63) is 46.2 Å². The molecule has 130 valence electrons. The predicted octanol–water partition coefficient (Wildman–Crippen LogP) is 2.97. The van der Waals surface area contributed by atoms with Crippen LogP contribution in [0.25, 0.3) is 0 Å². The summed E-state index contributed by atoms with van der Waals surface area (Å²) in [7, 11) is 0. The molecule has 0 aliphatic carbocycles. The van der Waals surface area contributed by atoms with Crippen molar-refractivity contribution >= 4 is 23.3 Å². The van der Waals surface area contributed by atoms with Crippen LogP contribution in [0.1, 0.15) is 32.4 Å². The Balaban J connectivity index is 2.36. The Bertz CT molecular complexity index is 651. The maximum Gasteiger partial charge on any atom is 0.290 e. The summed E-state index contributed by atoms with van der Waals surface area (Å²) in [5, 5.41) is 10.8. The van der Waals surface area contributed by atoms with Gasteiger partial charge in [0.25, 0.3) is 5.91 Å². The van der Waals surface area contributed by atoms with Gasteiger partial charge in [0, 0.05) is 18.1 Å². The van der Waals surface area contributed by atoms with Crippen molar-refractivity contribution in [2.45, 2.75) is 26.8 Å². The fourth-order valence-electron chi connectivity index (χ4n) is 3.02. The summed E-state index contributed by atoms with van der Waals surface area (Å²) in [4.78, 5) is 28.2. The Hall–Kier alpha value is -1.85. The molecule has 1 aromatic carbocycles. The largest absolute Gasteiger partial charge is 0.503 e. The number of Topliss-reactive ketones (excluding diaryl/α,β-unsaturated/α-hetero) is 1. The van der Waals surface area contributed by atoms with Crippen molar-refractivity contribution in [2.24, 2.45) is 0 Å². The molecular formula is C18H23ClN2O3. The molecule has 0 aromatic heterocycles. The van der Waals surface area contributed by atoms with Gasteiger partial charge in [-0.15, -0.1) is 0 Å². The van der Waals surface area contributed by atoms with Crippen LogP contribution in [0.5, 0.6) is 0 Å². The number of aliphatic hydroxyl groups excluding tert-OH is 1. The minimum atomic E-state index is -0.567. The van der Waals surface area contributed by atoms with Crippen LogP contribution in [-0.4, -0.2) is 52.8 Å². The number of amides is 1. The smallest absolute Gasteiger partial charge is 0.290 e. The van der Waals surface area contributed by atoms with Crippen LogP contribution in [0.2, 0.25) is 5.02 Å². The number of rotatable bonds is 7. The molecule has 0 fully saturated rings. The van der Waals surface area contributed by atoms with E-state index < -0.39 is 17.7 Å². The second-order valence-corrected chi connectivity index (χ2v) is 6.23. The fourth-order valence-corrected chi connectivity index (χ4v) is 3.15. The lowest BCUT2D eigenvalue weighted by atomic mass is 9.97. The average Bonchev–Trinajstić information content (AvgIpc) is 2.81. The van der Waals surface area contributed by atoms with Gasteiger partial charge in [0.2, 0.25) is 0 Å². The molecule has 5 nitrogen and oxygen atoms in total. The summed E-state index contributed by atoms with van der Waals surface area (Å²) in [5.41, 5.74) is 0.920. The molecule has 0 unspecified atom stereocenters. The lowest BCUT2D eigenvalue weighted by Gasteiger charge is -2.29. The molecule has 6 heteroatoms. The molecule has 1 aromatic rings. The first-order valence-electron chi connectivity index (χ1n) is 8.13. The third kappa shape index (κ3) is 3.62. The quantitative estimate of drug-likeness (QED) is 0.821. The number of likely N-dealkylation sites (N-methyl/N-ethyl adjacent to an activating group) is 1. The van der Waals surface area contributed by atoms with E-state index in [9.17, 15) is 14.7 Å². The number of carbonyl (C=O) groups excluding carboxylic acids is 2. The van der Waals surface area contributed by atoms with E-state index in [0.29, 0.717) is 18.1 Å². The minimum Gasteiger partial charge on any atom is -0.503 e. The van der Waals surface area contributed by atoms with Crippen molar-refractivity contribution in [2.75, 3.05) is 26.2 Å². The molecule has 0 radical (unpaired) electrons. The van der Waals surface area contributed by atoms with Gasteiger partial charge >= 0.3 is 0 Å². The number of carbonyl (C=O) groups is 2. The highest BCUT2D eigenvalue weighted by atomic mass is 35.5. The molecule has 1 N–H and O–H groups in total. The topological polar surface area (TPSA) is 60.9 Å². The monoisotopic (exact) mass is 350 g/mol. The van der Waals surface area contributed by atoms with E-state index in [2.05, 4.69) is 18.7 Å². The lowest BCUT2D eigenvalue weighted by Crippen LogP contribution is -2.38. The van der Waals surface area contributed by atoms with Crippen molar-refractivity contribution in [1.29, 1.82) is 0 Å². The second-order valence-electron chi connectivity index (χ2n) is 5.80. The van der Waals surface area contributed by atoms with Gasteiger partial charge < -0.3 is 14.9 Å². The Morgan fingerprint density at radius 2 is 1.83 bits per heavy atom. The molecule has 1 aliphatic heterocycles. The minimum absolute atomic E-state index is 0.155. The summed E-state index contributed by atoms with van der Waals surface area (Å²) in [6.07, 6.45) is 0. The Labute approximate surface area is 147 Å². The molecule has 1 aliphatic rings. The van der Waals surface area contributed by atoms with E-state index >= 15 is 0 Å². The highest BCUT2D eigenvalue weighted by Crippen LogP contribution is 2.37. The van der Waals surface area contributed by atoms with E-state index in [1.54, 1.807) is 29.2 Å². The van der Waals surface area contributed by atoms with Gasteiger partial charge in [-0.2, -0.15) is 0 Å². The Morgan fingerprint density at radius 1 is 1.25 bits per heavy atom. The highest BCUT2D eigenvalue weighted by molar-refractivity contribution is 6.30. The normalized spacial score (nSPS) is 18.0. The highest BCUT2D eigenvalue weighted by Gasteiger charge is 2.42. The van der Waals surface area contributed by atoms with Gasteiger partial charge in [0.15, 0.2) is 11.5 Å². The first-order chi connectivity index (χ1) is 11.4. The van der Waals surface area contributed by atoms with Crippen LogP contribution in [0, 0.1) is 0 Å². The second kappa shape index (κ2) is 7.81. The van der Waals surface area contributed by atoms with E-state index in [4.69, 9.17) is 11.6 Å². The fraction of sp³-hybridized carbons (Fsp3) is 0.444. The Kier molecular flexibility index (Phi) is 6.02. The summed E-state index contributed by atoms with van der Waals surface area (Å²) < 4.78 is 0. The van der Waals surface area contributed by atoms with Crippen molar-refractivity contribution < 1.29 is 14.7 Å². The first kappa shape index (κ1) is 18.5. The van der Waals surface area contributed by atoms with Crippen molar-refractivity contribution in [1.82, 2.24) is 9.80 Å². The van der Waals surface area contributed by atoms with E-state index in [1.165, 1.54) is 6.92 Å². The predicted molar refractivity (Wildman–Crippen MR) is 94.0 cm³/mol. The zero-order chi connectivity index (χ0) is 17.9. The van der Waals surface area contributed by atoms with Crippen LogP contribution < -0.4 is 0 Å². The van der Waals surface area contributed by atoms with Crippen molar-refractivity contribution in [3.8, 4) is 0 Å². The van der Waals surface area contributed by atoms with Crippen LogP contribution in [-0.2, 0) is 9.59 Å². The number of hydrogen-bond acceptors (Lipinski definition) is 4. The maximum atomic E-state index is 12.5. The number of halogens is 1. The number of ketones is 1. The van der Waals surface area contributed by atoms with Gasteiger partial charge in [-0.05, 0) is 37.7 Å². The summed E-state index contributed by atoms with van der Waals surface area (Å²) in [5.74, 6) is -1.24. The van der Waals surface area contributed by atoms with E-state index in [0.717, 1.165) is 18.7 Å². The standard InChI is InChI=1S/C18H23ClN2O3/c1-4-20(5-2)10-11-21-16(13-6-8-14(19)9-7-13)15(12(3)22)17(23)18(21)24/h6-9,16,23H,4-5,10-11H2,1-3H3/t16-/m1/s1. The van der Waals surface area contributed by atoms with E-state index in [-0.39, 0.29) is 11.4 Å². The SMILES string of the molecule is CCN(CC)CCN1C(=O)C(O)=C(C(C)=O)[C@H]1c1ccc(Cl)cc1. The zero-order valence-corrected chi connectivity index (χ0v) is 15.0. The van der Waals surface area contributed by atoms with Crippen LogP contribution in [0.15, 0.2) is 35.6 Å². The van der Waals surface area contributed by atoms with Gasteiger partial charge in [0.05, 0.1) is 11.6 Å². The number of nitrogens with zero attached hydrogens (tertiary/aromatic N) is 2. The van der Waals surface area contributed by atoms with Gasteiger partial charge in [-0.3, -0.25) is 9.59 Å². The summed E-state index contributed by atoms with van der Waals surface area (Å²) in [6.45, 7) is 8.36. The van der Waals surface area contributed by atoms with E-state index in [1.807, 2.05) is 0 Å². The number of hydrogen-bond donors (Lipinski definition) is 1. The molecule has 2 rings (SSSR count). The summed E-state index contributed by atoms with van der Waals surface area (Å²) >= 11 is 5.94. The first-order valence-corrected chi connectivity index (χ1v) is 8.51. The Morgan fingerprint density at radius 3 is 2.33 bits per heavy atom. The van der Waals surface area contributed by atoms with Crippen LogP contribution in [0.3, 0.4) is 0 Å². The third-order valence-electron chi connectivity index (χ3n) is 4.42. The molecule has 0 saturated heterocycles. The van der Waals surface area contributed by atoms with Gasteiger partial charge in [-0.25, -0.2) is 0 Å². The molecule has 0 spiro atoms. The molecule has 0 bridgehead atoms. The van der Waals surface area contributed by atoms with Crippen molar-refractivity contribution in [3.63, 3.8) is 0 Å². The zero-order valence-electron chi connectivity index (χ0n) is 14.3. The maximum absolute atomic E-state index is 12.5. The van der Waals surface area contributed by atoms with Gasteiger partial charge in [0.1, 0.15) is 0 Å². The molecule has 1 amide bonds. The summed E-state index contributed by atoms with van der Waals surface area (Å²) in [6, 6.07) is 6.44. The lowest BCUT2D eigenvalue weighted by molar-refractivity contribution is -0.129. The average molecular weight is 351 g/mol. The molecular weight excluding hydrogens is 328 g/mol. The number of aliphatic hydroxyl groups is 1. The van der Waals surface area contributed by atoms with Gasteiger partial charge in [-0.1, -0.05) is 37.6 Å². The van der Waals surface area contributed by atoms with Crippen LogP contribution in [0.4, 0.5) is 0 Å². The number of benzene rings is 1. The molecule has 1 atom stereocenters. The third-order valence-corrected chi connectivity index (χ3v) is 4.67. The molecule has 1 heterocycles. The molecule has 24 heavy (non-hydrogen) atoms. The molecule has 0 saturated carbocycles. The van der Waals surface area contributed by atoms with Crippen LogP contribution >= 0.6 is 11.6 Å².